The number of halogens is 2. The fourth-order valence-corrected chi connectivity index (χ4v) is 1.13. The molecule has 2 rings (SSSR count). The molecule has 1 heterocycles. The van der Waals surface area contributed by atoms with Crippen LogP contribution in [0.25, 0.3) is 0 Å². The first-order chi connectivity index (χ1) is 7.27. The topological polar surface area (TPSA) is 35.0 Å². The van der Waals surface area contributed by atoms with Gasteiger partial charge in [0, 0.05) is 0 Å². The Morgan fingerprint density at radius 1 is 1.13 bits per heavy atom. The molecule has 0 spiro atoms. The third kappa shape index (κ3) is 2.22. The minimum Gasteiger partial charge on any atom is -0.436 e. The Morgan fingerprint density at radius 2 is 1.87 bits per heavy atom. The minimum atomic E-state index is -0.761. The molecular formula is C10H6ClFN2O. The van der Waals surface area contributed by atoms with E-state index in [-0.39, 0.29) is 11.0 Å². The van der Waals surface area contributed by atoms with E-state index in [1.165, 1.54) is 0 Å². The minimum absolute atomic E-state index is 0.179. The summed E-state index contributed by atoms with van der Waals surface area (Å²) in [6, 6.07) is 8.76. The van der Waals surface area contributed by atoms with Crippen molar-refractivity contribution in [1.82, 2.24) is 9.97 Å². The van der Waals surface area contributed by atoms with Crippen molar-refractivity contribution in [3.8, 4) is 11.6 Å². The quantitative estimate of drug-likeness (QED) is 0.736. The molecule has 0 atom stereocenters. The Balaban J connectivity index is 2.29. The Kier molecular flexibility index (Phi) is 2.78. The number of benzene rings is 1. The van der Waals surface area contributed by atoms with Crippen LogP contribution in [0.2, 0.25) is 5.15 Å². The predicted molar refractivity (Wildman–Crippen MR) is 53.5 cm³/mol. The van der Waals surface area contributed by atoms with Gasteiger partial charge in [-0.1, -0.05) is 29.8 Å². The molecule has 15 heavy (non-hydrogen) atoms. The van der Waals surface area contributed by atoms with Crippen LogP contribution in [0.5, 0.6) is 11.6 Å². The van der Waals surface area contributed by atoms with Crippen LogP contribution in [0.15, 0.2) is 36.7 Å². The number of rotatable bonds is 2. The highest BCUT2D eigenvalue weighted by Crippen LogP contribution is 2.24. The summed E-state index contributed by atoms with van der Waals surface area (Å²) in [6.07, 6.45) is 1.14. The summed E-state index contributed by atoms with van der Waals surface area (Å²) < 4.78 is 18.5. The van der Waals surface area contributed by atoms with Crippen LogP contribution >= 0.6 is 11.6 Å². The maximum atomic E-state index is 13.3. The molecule has 0 unspecified atom stereocenters. The second-order valence-corrected chi connectivity index (χ2v) is 3.06. The first-order valence-corrected chi connectivity index (χ1v) is 4.54. The van der Waals surface area contributed by atoms with Crippen LogP contribution < -0.4 is 4.74 Å². The summed E-state index contributed by atoms with van der Waals surface area (Å²) in [5.74, 6) is -0.449. The van der Waals surface area contributed by atoms with Gasteiger partial charge in [0.05, 0.1) is 0 Å². The van der Waals surface area contributed by atoms with Gasteiger partial charge in [0.2, 0.25) is 5.82 Å². The molecule has 1 aromatic carbocycles. The molecule has 3 nitrogen and oxygen atoms in total. The molecule has 0 amide bonds. The van der Waals surface area contributed by atoms with Gasteiger partial charge in [-0.2, -0.15) is 9.37 Å². The van der Waals surface area contributed by atoms with Gasteiger partial charge in [0.15, 0.2) is 5.15 Å². The number of aromatic nitrogens is 2. The van der Waals surface area contributed by atoms with E-state index >= 15 is 0 Å². The monoisotopic (exact) mass is 224 g/mol. The molecule has 76 valence electrons. The van der Waals surface area contributed by atoms with Crippen molar-refractivity contribution in [2.75, 3.05) is 0 Å². The summed E-state index contributed by atoms with van der Waals surface area (Å²) in [5, 5.41) is -0.254. The lowest BCUT2D eigenvalue weighted by Crippen LogP contribution is -1.94. The van der Waals surface area contributed by atoms with E-state index in [9.17, 15) is 4.39 Å². The summed E-state index contributed by atoms with van der Waals surface area (Å²) in [6.45, 7) is 0. The highest BCUT2D eigenvalue weighted by molar-refractivity contribution is 6.29. The van der Waals surface area contributed by atoms with Gasteiger partial charge in [-0.3, -0.25) is 0 Å². The second kappa shape index (κ2) is 4.23. The lowest BCUT2D eigenvalue weighted by molar-refractivity contribution is 0.420. The lowest BCUT2D eigenvalue weighted by atomic mass is 10.3. The molecule has 0 aliphatic rings. The molecule has 0 aliphatic carbocycles. The zero-order valence-electron chi connectivity index (χ0n) is 7.52. The Labute approximate surface area is 90.5 Å². The largest absolute Gasteiger partial charge is 0.436 e. The van der Waals surface area contributed by atoms with Gasteiger partial charge in [-0.05, 0) is 12.1 Å². The molecule has 0 radical (unpaired) electrons. The maximum absolute atomic E-state index is 13.3. The zero-order chi connectivity index (χ0) is 10.7. The van der Waals surface area contributed by atoms with Gasteiger partial charge in [0.25, 0.3) is 5.88 Å². The lowest BCUT2D eigenvalue weighted by Gasteiger charge is -2.04. The van der Waals surface area contributed by atoms with Crippen LogP contribution in [-0.4, -0.2) is 9.97 Å². The second-order valence-electron chi connectivity index (χ2n) is 2.70. The van der Waals surface area contributed by atoms with E-state index in [4.69, 9.17) is 16.3 Å². The summed E-state index contributed by atoms with van der Waals surface area (Å²) in [7, 11) is 0. The van der Waals surface area contributed by atoms with Gasteiger partial charge < -0.3 is 4.74 Å². The van der Waals surface area contributed by atoms with Crippen molar-refractivity contribution in [2.24, 2.45) is 0 Å². The summed E-state index contributed by atoms with van der Waals surface area (Å²) in [5.41, 5.74) is 0. The molecule has 0 N–H and O–H groups in total. The van der Waals surface area contributed by atoms with Crippen molar-refractivity contribution in [1.29, 1.82) is 0 Å². The van der Waals surface area contributed by atoms with Gasteiger partial charge >= 0.3 is 0 Å². The van der Waals surface area contributed by atoms with E-state index in [0.717, 1.165) is 6.33 Å². The number of hydrogen-bond donors (Lipinski definition) is 0. The number of nitrogens with zero attached hydrogens (tertiary/aromatic N) is 2. The van der Waals surface area contributed by atoms with Crippen LogP contribution in [-0.2, 0) is 0 Å². The first kappa shape index (κ1) is 9.86. The van der Waals surface area contributed by atoms with Crippen LogP contribution in [0, 0.1) is 5.82 Å². The van der Waals surface area contributed by atoms with E-state index in [1.54, 1.807) is 24.3 Å². The summed E-state index contributed by atoms with van der Waals surface area (Å²) >= 11 is 5.47. The molecule has 5 heteroatoms. The van der Waals surface area contributed by atoms with Crippen molar-refractivity contribution in [3.63, 3.8) is 0 Å². The number of hydrogen-bond acceptors (Lipinski definition) is 3. The highest BCUT2D eigenvalue weighted by Gasteiger charge is 2.10. The smallest absolute Gasteiger partial charge is 0.260 e. The zero-order valence-corrected chi connectivity index (χ0v) is 8.28. The molecule has 1 aromatic heterocycles. The Hall–Kier alpha value is -1.68. The molecule has 0 aliphatic heterocycles. The molecule has 0 saturated carbocycles. The third-order valence-corrected chi connectivity index (χ3v) is 1.94. The SMILES string of the molecule is Fc1c(Cl)ncnc1Oc1ccccc1. The normalized spacial score (nSPS) is 10.0. The maximum Gasteiger partial charge on any atom is 0.260 e. The third-order valence-electron chi connectivity index (χ3n) is 1.67. The van der Waals surface area contributed by atoms with Gasteiger partial charge in [-0.15, -0.1) is 0 Å². The van der Waals surface area contributed by atoms with E-state index in [0.29, 0.717) is 5.75 Å². The summed E-state index contributed by atoms with van der Waals surface area (Å²) in [4.78, 5) is 7.12. The van der Waals surface area contributed by atoms with Crippen LogP contribution in [0.3, 0.4) is 0 Å². The molecule has 2 aromatic rings. The average Bonchev–Trinajstić information content (AvgIpc) is 2.26. The Morgan fingerprint density at radius 3 is 2.60 bits per heavy atom. The van der Waals surface area contributed by atoms with Crippen molar-refractivity contribution < 1.29 is 9.13 Å². The number of para-hydroxylation sites is 1. The van der Waals surface area contributed by atoms with E-state index in [1.807, 2.05) is 6.07 Å². The van der Waals surface area contributed by atoms with Gasteiger partial charge in [0.1, 0.15) is 12.1 Å². The van der Waals surface area contributed by atoms with E-state index < -0.39 is 5.82 Å². The van der Waals surface area contributed by atoms with Crippen molar-refractivity contribution in [2.45, 2.75) is 0 Å². The Bertz CT molecular complexity index is 464. The molecular weight excluding hydrogens is 219 g/mol. The fourth-order valence-electron chi connectivity index (χ4n) is 1.00. The first-order valence-electron chi connectivity index (χ1n) is 4.16. The number of ether oxygens (including phenoxy) is 1. The molecule has 0 saturated heterocycles. The molecule has 0 bridgehead atoms. The van der Waals surface area contributed by atoms with Gasteiger partial charge in [-0.25, -0.2) is 4.98 Å². The van der Waals surface area contributed by atoms with Crippen molar-refractivity contribution >= 4 is 11.6 Å². The van der Waals surface area contributed by atoms with Crippen LogP contribution in [0.4, 0.5) is 4.39 Å². The van der Waals surface area contributed by atoms with Crippen molar-refractivity contribution in [3.05, 3.63) is 47.6 Å². The van der Waals surface area contributed by atoms with E-state index in [2.05, 4.69) is 9.97 Å². The standard InChI is InChI=1S/C10H6ClFN2O/c11-9-8(12)10(14-6-13-9)15-7-4-2-1-3-5-7/h1-6H. The highest BCUT2D eigenvalue weighted by atomic mass is 35.5. The predicted octanol–water partition coefficient (Wildman–Crippen LogP) is 3.06. The fraction of sp³-hybridized carbons (Fsp3) is 0. The molecule has 0 fully saturated rings. The van der Waals surface area contributed by atoms with Crippen LogP contribution in [0.1, 0.15) is 0 Å². The average molecular weight is 225 g/mol.